The molecule has 1 saturated carbocycles. The Balaban J connectivity index is 1.88. The van der Waals surface area contributed by atoms with Crippen LogP contribution in [0, 0.1) is 0 Å². The number of hydrogen-bond acceptors (Lipinski definition) is 5. The van der Waals surface area contributed by atoms with Crippen LogP contribution < -0.4 is 14.2 Å². The standard InChI is InChI=1S/C17H22O5/c1-3-4-11-20-16(18)12-7-8-13(19-2)15-14(12)21-17(22-15)9-5-6-10-17/h7-8H,3-6,9-11H2,1-2H3. The number of fused-ring (bicyclic) bond motifs is 1. The van der Waals surface area contributed by atoms with E-state index in [0.717, 1.165) is 38.5 Å². The fourth-order valence-corrected chi connectivity index (χ4v) is 2.96. The predicted molar refractivity (Wildman–Crippen MR) is 80.6 cm³/mol. The van der Waals surface area contributed by atoms with Crippen LogP contribution in [0.25, 0.3) is 0 Å². The van der Waals surface area contributed by atoms with Gasteiger partial charge in [-0.15, -0.1) is 0 Å². The summed E-state index contributed by atoms with van der Waals surface area (Å²) in [5.41, 5.74) is 0.413. The first kappa shape index (κ1) is 15.0. The molecule has 0 N–H and O–H groups in total. The number of esters is 1. The number of methoxy groups -OCH3 is 1. The highest BCUT2D eigenvalue weighted by atomic mass is 16.7. The van der Waals surface area contributed by atoms with Crippen molar-refractivity contribution in [2.45, 2.75) is 51.2 Å². The van der Waals surface area contributed by atoms with Gasteiger partial charge >= 0.3 is 5.97 Å². The van der Waals surface area contributed by atoms with E-state index in [1.54, 1.807) is 19.2 Å². The van der Waals surface area contributed by atoms with Crippen LogP contribution in [0.15, 0.2) is 12.1 Å². The number of carbonyl (C=O) groups is 1. The van der Waals surface area contributed by atoms with Crippen molar-refractivity contribution >= 4 is 5.97 Å². The Kier molecular flexibility index (Phi) is 4.14. The maximum atomic E-state index is 12.3. The molecule has 2 aliphatic rings. The zero-order chi connectivity index (χ0) is 15.6. The van der Waals surface area contributed by atoms with E-state index in [0.29, 0.717) is 29.4 Å². The number of ether oxygens (including phenoxy) is 4. The molecule has 1 aliphatic heterocycles. The number of unbranched alkanes of at least 4 members (excludes halogenated alkanes) is 1. The molecular weight excluding hydrogens is 284 g/mol. The van der Waals surface area contributed by atoms with Gasteiger partial charge < -0.3 is 18.9 Å². The third-order valence-electron chi connectivity index (χ3n) is 4.19. The summed E-state index contributed by atoms with van der Waals surface area (Å²) in [6, 6.07) is 3.41. The van der Waals surface area contributed by atoms with Crippen molar-refractivity contribution in [3.8, 4) is 17.2 Å². The third-order valence-corrected chi connectivity index (χ3v) is 4.19. The Morgan fingerprint density at radius 3 is 2.64 bits per heavy atom. The average Bonchev–Trinajstić information content (AvgIpc) is 3.13. The Morgan fingerprint density at radius 2 is 1.95 bits per heavy atom. The fourth-order valence-electron chi connectivity index (χ4n) is 2.96. The molecule has 1 fully saturated rings. The van der Waals surface area contributed by atoms with E-state index < -0.39 is 5.79 Å². The average molecular weight is 306 g/mol. The van der Waals surface area contributed by atoms with E-state index in [2.05, 4.69) is 6.92 Å². The molecule has 0 unspecified atom stereocenters. The fraction of sp³-hybridized carbons (Fsp3) is 0.588. The van der Waals surface area contributed by atoms with E-state index >= 15 is 0 Å². The Labute approximate surface area is 130 Å². The normalized spacial score (nSPS) is 17.7. The first-order valence-corrected chi connectivity index (χ1v) is 7.95. The van der Waals surface area contributed by atoms with Gasteiger partial charge in [-0.3, -0.25) is 0 Å². The number of hydrogen-bond donors (Lipinski definition) is 0. The van der Waals surface area contributed by atoms with E-state index in [4.69, 9.17) is 18.9 Å². The largest absolute Gasteiger partial charge is 0.493 e. The molecule has 120 valence electrons. The van der Waals surface area contributed by atoms with E-state index in [9.17, 15) is 4.79 Å². The van der Waals surface area contributed by atoms with Crippen LogP contribution in [0.1, 0.15) is 55.8 Å². The summed E-state index contributed by atoms with van der Waals surface area (Å²) in [5.74, 6) is 0.571. The minimum absolute atomic E-state index is 0.369. The molecule has 1 aliphatic carbocycles. The summed E-state index contributed by atoms with van der Waals surface area (Å²) in [7, 11) is 1.58. The molecule has 0 radical (unpaired) electrons. The van der Waals surface area contributed by atoms with Gasteiger partial charge in [0.1, 0.15) is 5.56 Å². The first-order valence-electron chi connectivity index (χ1n) is 7.95. The minimum atomic E-state index is -0.630. The third kappa shape index (κ3) is 2.60. The first-order chi connectivity index (χ1) is 10.7. The molecule has 22 heavy (non-hydrogen) atoms. The van der Waals surface area contributed by atoms with Crippen LogP contribution in [-0.4, -0.2) is 25.5 Å². The Hall–Kier alpha value is -1.91. The van der Waals surface area contributed by atoms with E-state index in [1.165, 1.54) is 0 Å². The Morgan fingerprint density at radius 1 is 1.23 bits per heavy atom. The van der Waals surface area contributed by atoms with Crippen LogP contribution in [-0.2, 0) is 4.74 Å². The monoisotopic (exact) mass is 306 g/mol. The topological polar surface area (TPSA) is 54.0 Å². The maximum Gasteiger partial charge on any atom is 0.342 e. The lowest BCUT2D eigenvalue weighted by Crippen LogP contribution is -2.34. The minimum Gasteiger partial charge on any atom is -0.493 e. The van der Waals surface area contributed by atoms with Gasteiger partial charge in [-0.05, 0) is 31.4 Å². The molecular formula is C17H22O5. The zero-order valence-corrected chi connectivity index (χ0v) is 13.1. The summed E-state index contributed by atoms with van der Waals surface area (Å²) >= 11 is 0. The van der Waals surface area contributed by atoms with Gasteiger partial charge in [0, 0.05) is 12.8 Å². The van der Waals surface area contributed by atoms with Crippen molar-refractivity contribution in [2.24, 2.45) is 0 Å². The lowest BCUT2D eigenvalue weighted by Gasteiger charge is -2.21. The van der Waals surface area contributed by atoms with Crippen molar-refractivity contribution < 1.29 is 23.7 Å². The van der Waals surface area contributed by atoms with Crippen molar-refractivity contribution in [3.05, 3.63) is 17.7 Å². The van der Waals surface area contributed by atoms with Crippen molar-refractivity contribution in [1.82, 2.24) is 0 Å². The van der Waals surface area contributed by atoms with Crippen molar-refractivity contribution in [1.29, 1.82) is 0 Å². The van der Waals surface area contributed by atoms with Gasteiger partial charge in [-0.2, -0.15) is 0 Å². The predicted octanol–water partition coefficient (Wildman–Crippen LogP) is 3.69. The summed E-state index contributed by atoms with van der Waals surface area (Å²) in [6.07, 6.45) is 5.62. The highest BCUT2D eigenvalue weighted by Gasteiger charge is 2.47. The molecule has 0 bridgehead atoms. The van der Waals surface area contributed by atoms with Crippen molar-refractivity contribution in [2.75, 3.05) is 13.7 Å². The summed E-state index contributed by atoms with van der Waals surface area (Å²) in [5, 5.41) is 0. The zero-order valence-electron chi connectivity index (χ0n) is 13.1. The van der Waals surface area contributed by atoms with Gasteiger partial charge in [-0.1, -0.05) is 13.3 Å². The van der Waals surface area contributed by atoms with Gasteiger partial charge in [0.25, 0.3) is 5.79 Å². The quantitative estimate of drug-likeness (QED) is 0.613. The molecule has 5 heteroatoms. The molecule has 1 spiro atoms. The number of rotatable bonds is 5. The van der Waals surface area contributed by atoms with Crippen LogP contribution in [0.3, 0.4) is 0 Å². The molecule has 5 nitrogen and oxygen atoms in total. The molecule has 3 rings (SSSR count). The van der Waals surface area contributed by atoms with E-state index in [-0.39, 0.29) is 5.97 Å². The van der Waals surface area contributed by atoms with Crippen LogP contribution >= 0.6 is 0 Å². The van der Waals surface area contributed by atoms with Gasteiger partial charge in [0.05, 0.1) is 13.7 Å². The molecule has 0 aromatic heterocycles. The maximum absolute atomic E-state index is 12.3. The molecule has 0 saturated heterocycles. The van der Waals surface area contributed by atoms with Gasteiger partial charge in [0.2, 0.25) is 5.75 Å². The summed E-state index contributed by atoms with van der Waals surface area (Å²) < 4.78 is 22.7. The summed E-state index contributed by atoms with van der Waals surface area (Å²) in [4.78, 5) is 12.3. The molecule has 0 atom stereocenters. The molecule has 0 amide bonds. The SMILES string of the molecule is CCCCOC(=O)c1ccc(OC)c2c1OC1(CCCC1)O2. The summed E-state index contributed by atoms with van der Waals surface area (Å²) in [6.45, 7) is 2.47. The second-order valence-corrected chi connectivity index (χ2v) is 5.79. The molecule has 1 aromatic carbocycles. The molecule has 1 heterocycles. The lowest BCUT2D eigenvalue weighted by molar-refractivity contribution is -0.0725. The van der Waals surface area contributed by atoms with Gasteiger partial charge in [-0.25, -0.2) is 4.79 Å². The number of benzene rings is 1. The van der Waals surface area contributed by atoms with Crippen LogP contribution in [0.5, 0.6) is 17.2 Å². The highest BCUT2D eigenvalue weighted by molar-refractivity contribution is 5.94. The Bertz CT molecular complexity index is 560. The number of carbonyl (C=O) groups excluding carboxylic acids is 1. The second kappa shape index (κ2) is 6.07. The van der Waals surface area contributed by atoms with Crippen LogP contribution in [0.2, 0.25) is 0 Å². The van der Waals surface area contributed by atoms with Gasteiger partial charge in [0.15, 0.2) is 11.5 Å². The lowest BCUT2D eigenvalue weighted by atomic mass is 10.1. The highest BCUT2D eigenvalue weighted by Crippen LogP contribution is 2.52. The van der Waals surface area contributed by atoms with E-state index in [1.807, 2.05) is 0 Å². The second-order valence-electron chi connectivity index (χ2n) is 5.79. The van der Waals surface area contributed by atoms with Crippen LogP contribution in [0.4, 0.5) is 0 Å². The molecule has 1 aromatic rings. The van der Waals surface area contributed by atoms with Crippen molar-refractivity contribution in [3.63, 3.8) is 0 Å². The smallest absolute Gasteiger partial charge is 0.342 e.